The van der Waals surface area contributed by atoms with Gasteiger partial charge in [-0.05, 0) is 19.1 Å². The largest absolute Gasteiger partial charge is 0.473 e. The molecule has 6 nitrogen and oxygen atoms in total. The first-order valence-electron chi connectivity index (χ1n) is 3.72. The van der Waals surface area contributed by atoms with E-state index in [0.717, 1.165) is 10.9 Å². The van der Waals surface area contributed by atoms with Crippen molar-refractivity contribution in [1.82, 2.24) is 15.7 Å². The minimum Gasteiger partial charge on any atom is -0.473 e. The average Bonchev–Trinajstić information content (AvgIpc) is 2.11. The summed E-state index contributed by atoms with van der Waals surface area (Å²) in [5.74, 6) is 0. The summed E-state index contributed by atoms with van der Waals surface area (Å²) in [4.78, 5) is 4.02. The predicted molar refractivity (Wildman–Crippen MR) is 51.1 cm³/mol. The molecular formula is C6H12N4O2S. The van der Waals surface area contributed by atoms with Crippen molar-refractivity contribution in [3.05, 3.63) is 0 Å². The van der Waals surface area contributed by atoms with Crippen LogP contribution >= 0.6 is 12.2 Å². The molecule has 0 aromatic rings. The molecule has 74 valence electrons. The summed E-state index contributed by atoms with van der Waals surface area (Å²) < 4.78 is 4.74. The number of thiocarbonyl (C=S) groups is 1. The molecule has 7 heteroatoms. The number of methoxy groups -OCH3 is 1. The van der Waals surface area contributed by atoms with E-state index in [0.29, 0.717) is 6.54 Å². The van der Waals surface area contributed by atoms with E-state index >= 15 is 0 Å². The summed E-state index contributed by atoms with van der Waals surface area (Å²) in [7, 11) is 1.46. The lowest BCUT2D eigenvalue weighted by atomic mass is 10.4. The Kier molecular flexibility index (Phi) is 3.55. The van der Waals surface area contributed by atoms with Gasteiger partial charge in [-0.25, -0.2) is 0 Å². The molecule has 1 aliphatic heterocycles. The molecule has 2 N–H and O–H groups in total. The van der Waals surface area contributed by atoms with Crippen molar-refractivity contribution in [2.75, 3.05) is 20.3 Å². The number of rotatable bonds is 1. The lowest BCUT2D eigenvalue weighted by Gasteiger charge is -2.31. The van der Waals surface area contributed by atoms with Crippen LogP contribution in [0.25, 0.3) is 0 Å². The molecule has 13 heavy (non-hydrogen) atoms. The first-order valence-corrected chi connectivity index (χ1v) is 4.12. The van der Waals surface area contributed by atoms with Gasteiger partial charge in [-0.3, -0.25) is 15.6 Å². The van der Waals surface area contributed by atoms with Gasteiger partial charge in [-0.2, -0.15) is 0 Å². The van der Waals surface area contributed by atoms with Crippen molar-refractivity contribution in [3.8, 4) is 0 Å². The molecule has 0 unspecified atom stereocenters. The SMILES string of the molecule is COC(=S)NN1CC(C)=NCN1O. The maximum atomic E-state index is 9.31. The third-order valence-corrected chi connectivity index (χ3v) is 1.79. The molecule has 0 radical (unpaired) electrons. The highest BCUT2D eigenvalue weighted by Gasteiger charge is 2.18. The van der Waals surface area contributed by atoms with Gasteiger partial charge in [0.2, 0.25) is 0 Å². The van der Waals surface area contributed by atoms with Crippen LogP contribution in [0.5, 0.6) is 0 Å². The molecule has 0 saturated heterocycles. The third kappa shape index (κ3) is 2.88. The van der Waals surface area contributed by atoms with Crippen molar-refractivity contribution in [3.63, 3.8) is 0 Å². The van der Waals surface area contributed by atoms with Gasteiger partial charge in [0.05, 0.1) is 13.7 Å². The molecule has 0 aromatic heterocycles. The molecular weight excluding hydrogens is 192 g/mol. The highest BCUT2D eigenvalue weighted by atomic mass is 32.1. The van der Waals surface area contributed by atoms with Crippen LogP contribution in [-0.2, 0) is 4.74 Å². The molecule has 0 aliphatic carbocycles. The fourth-order valence-corrected chi connectivity index (χ4v) is 0.962. The summed E-state index contributed by atoms with van der Waals surface area (Å²) in [5.41, 5.74) is 3.60. The van der Waals surface area contributed by atoms with E-state index in [-0.39, 0.29) is 11.8 Å². The van der Waals surface area contributed by atoms with E-state index in [1.165, 1.54) is 12.2 Å². The van der Waals surface area contributed by atoms with Crippen molar-refractivity contribution in [1.29, 1.82) is 0 Å². The standard InChI is InChI=1S/C6H12N4O2S/c1-5-3-9(8-6(13)12-2)10(11)4-7-5/h11H,3-4H2,1-2H3,(H,8,13). The Balaban J connectivity index is 2.50. The number of hydroxylamine groups is 1. The molecule has 0 saturated carbocycles. The minimum atomic E-state index is 0.200. The van der Waals surface area contributed by atoms with Crippen molar-refractivity contribution in [2.45, 2.75) is 6.92 Å². The molecule has 0 spiro atoms. The second-order valence-corrected chi connectivity index (χ2v) is 2.94. The third-order valence-electron chi connectivity index (χ3n) is 1.53. The zero-order valence-electron chi connectivity index (χ0n) is 7.52. The second kappa shape index (κ2) is 4.47. The number of hydrogen-bond acceptors (Lipinski definition) is 6. The first-order chi connectivity index (χ1) is 6.13. The highest BCUT2D eigenvalue weighted by molar-refractivity contribution is 7.80. The van der Waals surface area contributed by atoms with Crippen LogP contribution in [0.3, 0.4) is 0 Å². The van der Waals surface area contributed by atoms with E-state index in [9.17, 15) is 5.21 Å². The zero-order chi connectivity index (χ0) is 9.84. The Morgan fingerprint density at radius 1 is 1.77 bits per heavy atom. The Labute approximate surface area is 81.7 Å². The highest BCUT2D eigenvalue weighted by Crippen LogP contribution is 1.99. The van der Waals surface area contributed by atoms with E-state index in [1.54, 1.807) is 0 Å². The number of nitrogens with zero attached hydrogens (tertiary/aromatic N) is 3. The maximum Gasteiger partial charge on any atom is 0.272 e. The minimum absolute atomic E-state index is 0.200. The van der Waals surface area contributed by atoms with Crippen LogP contribution in [0.2, 0.25) is 0 Å². The summed E-state index contributed by atoms with van der Waals surface area (Å²) in [5, 5.41) is 11.9. The number of hydrogen-bond donors (Lipinski definition) is 2. The Morgan fingerprint density at radius 2 is 2.46 bits per heavy atom. The summed E-state index contributed by atoms with van der Waals surface area (Å²) in [6.45, 7) is 2.54. The van der Waals surface area contributed by atoms with Gasteiger partial charge in [0, 0.05) is 5.71 Å². The fourth-order valence-electron chi connectivity index (χ4n) is 0.857. The Morgan fingerprint density at radius 3 is 3.08 bits per heavy atom. The van der Waals surface area contributed by atoms with Crippen molar-refractivity contribution in [2.24, 2.45) is 4.99 Å². The number of nitrogens with one attached hydrogen (secondary N) is 1. The fraction of sp³-hybridized carbons (Fsp3) is 0.667. The predicted octanol–water partition coefficient (Wildman–Crippen LogP) is -0.237. The van der Waals surface area contributed by atoms with Gasteiger partial charge < -0.3 is 4.74 Å². The molecule has 1 aliphatic rings. The molecule has 0 aromatic carbocycles. The van der Waals surface area contributed by atoms with Crippen LogP contribution in [0.4, 0.5) is 0 Å². The van der Waals surface area contributed by atoms with Crippen LogP contribution in [0.15, 0.2) is 4.99 Å². The van der Waals surface area contributed by atoms with Crippen molar-refractivity contribution < 1.29 is 9.94 Å². The van der Waals surface area contributed by atoms with Crippen molar-refractivity contribution >= 4 is 23.1 Å². The van der Waals surface area contributed by atoms with E-state index in [4.69, 9.17) is 17.0 Å². The van der Waals surface area contributed by atoms with Crippen LogP contribution in [-0.4, -0.2) is 46.7 Å². The lowest BCUT2D eigenvalue weighted by molar-refractivity contribution is -0.257. The molecule has 1 rings (SSSR count). The van der Waals surface area contributed by atoms with Gasteiger partial charge in [0.15, 0.2) is 0 Å². The normalized spacial score (nSPS) is 19.5. The van der Waals surface area contributed by atoms with Gasteiger partial charge in [0.1, 0.15) is 6.67 Å². The number of ether oxygens (including phenoxy) is 1. The van der Waals surface area contributed by atoms with Gasteiger partial charge in [0.25, 0.3) is 5.17 Å². The zero-order valence-corrected chi connectivity index (χ0v) is 8.34. The monoisotopic (exact) mass is 204 g/mol. The summed E-state index contributed by atoms with van der Waals surface area (Å²) in [6, 6.07) is 0. The van der Waals surface area contributed by atoms with E-state index in [2.05, 4.69) is 10.4 Å². The Hall–Kier alpha value is -0.760. The molecule has 0 amide bonds. The van der Waals surface area contributed by atoms with Gasteiger partial charge in [-0.15, -0.1) is 5.12 Å². The van der Waals surface area contributed by atoms with E-state index in [1.807, 2.05) is 6.92 Å². The second-order valence-electron chi connectivity index (χ2n) is 2.57. The topological polar surface area (TPSA) is 60.3 Å². The lowest BCUT2D eigenvalue weighted by Crippen LogP contribution is -2.55. The van der Waals surface area contributed by atoms with Crippen LogP contribution < -0.4 is 5.43 Å². The van der Waals surface area contributed by atoms with E-state index < -0.39 is 0 Å². The Bertz CT molecular complexity index is 233. The molecule has 0 atom stereocenters. The van der Waals surface area contributed by atoms with Crippen LogP contribution in [0.1, 0.15) is 6.92 Å². The first kappa shape index (κ1) is 10.3. The average molecular weight is 204 g/mol. The summed E-state index contributed by atoms with van der Waals surface area (Å²) >= 11 is 4.78. The number of aliphatic imine (C=N–C) groups is 1. The summed E-state index contributed by atoms with van der Waals surface area (Å²) in [6.07, 6.45) is 0. The van der Waals surface area contributed by atoms with Gasteiger partial charge >= 0.3 is 0 Å². The maximum absolute atomic E-state index is 9.31. The quantitative estimate of drug-likeness (QED) is 0.575. The number of hydrazine groups is 2. The molecule has 0 fully saturated rings. The smallest absolute Gasteiger partial charge is 0.272 e. The molecule has 0 bridgehead atoms. The molecule has 1 heterocycles. The van der Waals surface area contributed by atoms with Crippen LogP contribution in [0, 0.1) is 0 Å². The van der Waals surface area contributed by atoms with Gasteiger partial charge in [-0.1, -0.05) is 5.17 Å².